The van der Waals surface area contributed by atoms with Gasteiger partial charge >= 0.3 is 5.97 Å². The summed E-state index contributed by atoms with van der Waals surface area (Å²) in [6.45, 7) is 2.35. The Morgan fingerprint density at radius 3 is 2.60 bits per heavy atom. The molecule has 0 N–H and O–H groups in total. The molecule has 0 fully saturated rings. The lowest BCUT2D eigenvalue weighted by molar-refractivity contribution is -0.136. The van der Waals surface area contributed by atoms with E-state index in [-0.39, 0.29) is 5.91 Å². The fourth-order valence-electron chi connectivity index (χ4n) is 3.98. The monoisotopic (exact) mass is 411 g/mol. The molecule has 1 aliphatic carbocycles. The summed E-state index contributed by atoms with van der Waals surface area (Å²) in [4.78, 5) is 27.5. The van der Waals surface area contributed by atoms with Crippen LogP contribution in [0.3, 0.4) is 0 Å². The van der Waals surface area contributed by atoms with E-state index in [0.29, 0.717) is 40.5 Å². The fourth-order valence-corrected chi connectivity index (χ4v) is 3.98. The number of methoxy groups -OCH3 is 3. The highest BCUT2D eigenvalue weighted by Gasteiger charge is 2.37. The van der Waals surface area contributed by atoms with Gasteiger partial charge in [0.05, 0.1) is 32.5 Å². The van der Waals surface area contributed by atoms with Crippen molar-refractivity contribution >= 4 is 18.0 Å². The minimum Gasteiger partial charge on any atom is -0.497 e. The zero-order valence-corrected chi connectivity index (χ0v) is 18.1. The van der Waals surface area contributed by atoms with Crippen LogP contribution in [0, 0.1) is 0 Å². The van der Waals surface area contributed by atoms with E-state index in [2.05, 4.69) is 6.08 Å². The summed E-state index contributed by atoms with van der Waals surface area (Å²) in [5.41, 5.74) is 3.32. The molecule has 3 rings (SSSR count). The van der Waals surface area contributed by atoms with Crippen molar-refractivity contribution in [2.24, 2.45) is 0 Å². The number of nitrogens with zero attached hydrogens (tertiary/aromatic N) is 1. The Labute approximate surface area is 177 Å². The Balaban J connectivity index is 1.95. The van der Waals surface area contributed by atoms with Crippen molar-refractivity contribution in [2.45, 2.75) is 39.0 Å². The first-order valence-electron chi connectivity index (χ1n) is 10.2. The molecule has 1 amide bonds. The largest absolute Gasteiger partial charge is 0.497 e. The van der Waals surface area contributed by atoms with Gasteiger partial charge in [-0.3, -0.25) is 4.79 Å². The van der Waals surface area contributed by atoms with Gasteiger partial charge in [0, 0.05) is 23.9 Å². The van der Waals surface area contributed by atoms with Gasteiger partial charge in [0.25, 0.3) is 5.91 Å². The van der Waals surface area contributed by atoms with E-state index in [9.17, 15) is 9.59 Å². The lowest BCUT2D eigenvalue weighted by Crippen LogP contribution is -2.26. The van der Waals surface area contributed by atoms with Crippen molar-refractivity contribution in [1.29, 1.82) is 0 Å². The third kappa shape index (κ3) is 4.42. The number of hydrogen-bond donors (Lipinski definition) is 0. The van der Waals surface area contributed by atoms with E-state index in [1.54, 1.807) is 50.3 Å². The lowest BCUT2D eigenvalue weighted by atomic mass is 9.97. The van der Waals surface area contributed by atoms with Crippen molar-refractivity contribution in [1.82, 2.24) is 4.90 Å². The molecule has 0 aromatic heterocycles. The second-order valence-electron chi connectivity index (χ2n) is 7.43. The number of amides is 1. The molecule has 1 aliphatic heterocycles. The lowest BCUT2D eigenvalue weighted by Gasteiger charge is -2.20. The second kappa shape index (κ2) is 9.65. The Bertz CT molecular complexity index is 926. The maximum atomic E-state index is 13.3. The normalized spacial score (nSPS) is 18.0. The quantitative estimate of drug-likeness (QED) is 0.381. The van der Waals surface area contributed by atoms with Gasteiger partial charge in [-0.2, -0.15) is 0 Å². The summed E-state index contributed by atoms with van der Waals surface area (Å²) in [6, 6.07) is 5.33. The summed E-state index contributed by atoms with van der Waals surface area (Å²) in [5, 5.41) is 0. The summed E-state index contributed by atoms with van der Waals surface area (Å²) < 4.78 is 15.7. The zero-order chi connectivity index (χ0) is 21.7. The van der Waals surface area contributed by atoms with Crippen LogP contribution >= 0.6 is 0 Å². The highest BCUT2D eigenvalue weighted by Crippen LogP contribution is 2.35. The second-order valence-corrected chi connectivity index (χ2v) is 7.43. The van der Waals surface area contributed by atoms with Crippen LogP contribution in [-0.4, -0.2) is 44.7 Å². The van der Waals surface area contributed by atoms with E-state index < -0.39 is 5.97 Å². The van der Waals surface area contributed by atoms with E-state index in [1.165, 1.54) is 25.5 Å². The summed E-state index contributed by atoms with van der Waals surface area (Å²) in [5.74, 6) is 0.498. The van der Waals surface area contributed by atoms with Crippen molar-refractivity contribution in [3.8, 4) is 11.5 Å². The van der Waals surface area contributed by atoms with Crippen molar-refractivity contribution in [2.75, 3.05) is 27.9 Å². The first kappa shape index (κ1) is 21.7. The average molecular weight is 411 g/mol. The van der Waals surface area contributed by atoms with Crippen LogP contribution in [-0.2, 0) is 14.3 Å². The van der Waals surface area contributed by atoms with Crippen LogP contribution in [0.25, 0.3) is 6.08 Å². The Hall–Kier alpha value is -3.02. The maximum Gasteiger partial charge on any atom is 0.340 e. The van der Waals surface area contributed by atoms with Crippen LogP contribution in [0.4, 0.5) is 0 Å². The Kier molecular flexibility index (Phi) is 6.98. The molecular weight excluding hydrogens is 382 g/mol. The molecule has 1 aromatic carbocycles. The molecule has 0 atom stereocenters. The van der Waals surface area contributed by atoms with Gasteiger partial charge in [0.15, 0.2) is 0 Å². The molecule has 1 aromatic rings. The van der Waals surface area contributed by atoms with Crippen LogP contribution in [0.15, 0.2) is 46.7 Å². The van der Waals surface area contributed by atoms with Gasteiger partial charge in [0.1, 0.15) is 11.5 Å². The van der Waals surface area contributed by atoms with E-state index >= 15 is 0 Å². The molecule has 0 bridgehead atoms. The van der Waals surface area contributed by atoms with Gasteiger partial charge in [-0.1, -0.05) is 11.6 Å². The van der Waals surface area contributed by atoms with Gasteiger partial charge in [-0.15, -0.1) is 0 Å². The molecule has 0 radical (unpaired) electrons. The molecule has 0 saturated heterocycles. The molecule has 6 nitrogen and oxygen atoms in total. The number of hydrogen-bond acceptors (Lipinski definition) is 5. The molecule has 2 aliphatic rings. The maximum absolute atomic E-state index is 13.3. The highest BCUT2D eigenvalue weighted by molar-refractivity contribution is 6.16. The molecule has 0 saturated carbocycles. The topological polar surface area (TPSA) is 65.1 Å². The van der Waals surface area contributed by atoms with Gasteiger partial charge < -0.3 is 19.1 Å². The number of benzene rings is 1. The minimum atomic E-state index is -0.515. The smallest absolute Gasteiger partial charge is 0.340 e. The Morgan fingerprint density at radius 2 is 1.97 bits per heavy atom. The van der Waals surface area contributed by atoms with Crippen LogP contribution in [0.1, 0.15) is 44.6 Å². The molecule has 6 heteroatoms. The summed E-state index contributed by atoms with van der Waals surface area (Å²) >= 11 is 0. The third-order valence-electron chi connectivity index (χ3n) is 5.68. The molecule has 0 spiro atoms. The molecule has 0 unspecified atom stereocenters. The standard InChI is InChI=1S/C24H29NO5/c1-16-22(24(27)30-4)20(14-18-10-11-19(28-2)15-21(18)29-3)23(26)25(16)13-12-17-8-6-5-7-9-17/h8,10-11,14-15H,5-7,9,12-13H2,1-4H3/b20-14-. The highest BCUT2D eigenvalue weighted by atomic mass is 16.5. The number of ether oxygens (including phenoxy) is 3. The van der Waals surface area contributed by atoms with E-state index in [1.807, 2.05) is 0 Å². The number of carbonyl (C=O) groups excluding carboxylic acids is 2. The van der Waals surface area contributed by atoms with E-state index in [4.69, 9.17) is 14.2 Å². The number of esters is 1. The SMILES string of the molecule is COC(=O)C1=C(C)N(CCC2=CCCCC2)C(=O)/C1=C\c1ccc(OC)cc1OC. The number of carbonyl (C=O) groups is 2. The zero-order valence-electron chi connectivity index (χ0n) is 18.1. The third-order valence-corrected chi connectivity index (χ3v) is 5.68. The predicted molar refractivity (Wildman–Crippen MR) is 115 cm³/mol. The van der Waals surface area contributed by atoms with Crippen molar-refractivity contribution < 1.29 is 23.8 Å². The predicted octanol–water partition coefficient (Wildman–Crippen LogP) is 4.27. The first-order valence-corrected chi connectivity index (χ1v) is 10.2. The van der Waals surface area contributed by atoms with Gasteiger partial charge in [0.2, 0.25) is 0 Å². The molecule has 30 heavy (non-hydrogen) atoms. The van der Waals surface area contributed by atoms with Crippen LogP contribution in [0.5, 0.6) is 11.5 Å². The van der Waals surface area contributed by atoms with Gasteiger partial charge in [-0.05, 0) is 57.2 Å². The van der Waals surface area contributed by atoms with Crippen molar-refractivity contribution in [3.05, 3.63) is 52.3 Å². The average Bonchev–Trinajstić information content (AvgIpc) is 3.01. The Morgan fingerprint density at radius 1 is 1.17 bits per heavy atom. The fraction of sp³-hybridized carbons (Fsp3) is 0.417. The molecule has 160 valence electrons. The van der Waals surface area contributed by atoms with Gasteiger partial charge in [-0.25, -0.2) is 4.79 Å². The number of rotatable bonds is 7. The van der Waals surface area contributed by atoms with E-state index in [0.717, 1.165) is 19.3 Å². The molecule has 1 heterocycles. The summed E-state index contributed by atoms with van der Waals surface area (Å²) in [6.07, 6.45) is 9.41. The van der Waals surface area contributed by atoms with Crippen LogP contribution in [0.2, 0.25) is 0 Å². The summed E-state index contributed by atoms with van der Waals surface area (Å²) in [7, 11) is 4.46. The van der Waals surface area contributed by atoms with Crippen molar-refractivity contribution in [3.63, 3.8) is 0 Å². The first-order chi connectivity index (χ1) is 14.5. The van der Waals surface area contributed by atoms with Crippen LogP contribution < -0.4 is 9.47 Å². The number of allylic oxidation sites excluding steroid dienone is 2. The minimum absolute atomic E-state index is 0.192. The molecular formula is C24H29NO5.